The Labute approximate surface area is 127 Å². The second kappa shape index (κ2) is 4.92. The van der Waals surface area contributed by atoms with Gasteiger partial charge in [0.1, 0.15) is 11.6 Å². The highest BCUT2D eigenvalue weighted by atomic mass is 32.2. The van der Waals surface area contributed by atoms with Gasteiger partial charge in [-0.1, -0.05) is 23.1 Å². The van der Waals surface area contributed by atoms with Crippen LogP contribution in [0.25, 0.3) is 10.3 Å². The first-order valence-electron chi connectivity index (χ1n) is 6.54. The van der Waals surface area contributed by atoms with E-state index in [1.54, 1.807) is 16.7 Å². The average molecular weight is 319 g/mol. The van der Waals surface area contributed by atoms with E-state index in [1.807, 2.05) is 0 Å². The molecule has 0 N–H and O–H groups in total. The number of benzene rings is 1. The number of rotatable bonds is 2. The smallest absolute Gasteiger partial charge is 0.280 e. The quantitative estimate of drug-likeness (QED) is 0.728. The van der Waals surface area contributed by atoms with Gasteiger partial charge in [-0.2, -0.15) is 0 Å². The highest BCUT2D eigenvalue weighted by molar-refractivity contribution is 8.01. The molecule has 0 saturated heterocycles. The molecule has 3 aromatic rings. The van der Waals surface area contributed by atoms with E-state index in [4.69, 9.17) is 0 Å². The Balaban J connectivity index is 1.76. The SMILES string of the molecule is O=c1c2nc(Sc3ccc(F)cc3)sc2nc2n1CCC2. The second-order valence-electron chi connectivity index (χ2n) is 4.78. The van der Waals surface area contributed by atoms with Crippen LogP contribution in [0.4, 0.5) is 4.39 Å². The molecular weight excluding hydrogens is 309 g/mol. The third-order valence-corrected chi connectivity index (χ3v) is 5.40. The number of fused-ring (bicyclic) bond motifs is 2. The van der Waals surface area contributed by atoms with Crippen LogP contribution in [0.2, 0.25) is 0 Å². The summed E-state index contributed by atoms with van der Waals surface area (Å²) in [6, 6.07) is 6.23. The number of hydrogen-bond donors (Lipinski definition) is 0. The maximum Gasteiger partial charge on any atom is 0.280 e. The maximum absolute atomic E-state index is 12.9. The molecule has 1 aliphatic rings. The van der Waals surface area contributed by atoms with Crippen LogP contribution in [0.5, 0.6) is 0 Å². The van der Waals surface area contributed by atoms with E-state index in [1.165, 1.54) is 35.2 Å². The van der Waals surface area contributed by atoms with Crippen molar-refractivity contribution in [1.29, 1.82) is 0 Å². The third-order valence-electron chi connectivity index (χ3n) is 3.38. The number of hydrogen-bond acceptors (Lipinski definition) is 5. The van der Waals surface area contributed by atoms with E-state index in [0.717, 1.165) is 34.4 Å². The van der Waals surface area contributed by atoms with E-state index >= 15 is 0 Å². The van der Waals surface area contributed by atoms with Crippen molar-refractivity contribution < 1.29 is 4.39 Å². The Morgan fingerprint density at radius 3 is 2.86 bits per heavy atom. The van der Waals surface area contributed by atoms with Crippen LogP contribution in [0.1, 0.15) is 12.2 Å². The first-order chi connectivity index (χ1) is 10.2. The van der Waals surface area contributed by atoms with Crippen LogP contribution in [0.15, 0.2) is 38.3 Å². The van der Waals surface area contributed by atoms with Crippen molar-refractivity contribution in [2.75, 3.05) is 0 Å². The second-order valence-corrected chi connectivity index (χ2v) is 7.08. The first-order valence-corrected chi connectivity index (χ1v) is 8.18. The molecule has 2 aromatic heterocycles. The number of halogens is 1. The van der Waals surface area contributed by atoms with Gasteiger partial charge in [-0.3, -0.25) is 9.36 Å². The summed E-state index contributed by atoms with van der Waals surface area (Å²) in [5.74, 6) is 0.592. The molecule has 0 unspecified atom stereocenters. The highest BCUT2D eigenvalue weighted by Crippen LogP contribution is 2.33. The lowest BCUT2D eigenvalue weighted by atomic mass is 10.4. The van der Waals surface area contributed by atoms with Crippen molar-refractivity contribution in [2.24, 2.45) is 0 Å². The molecule has 7 heteroatoms. The van der Waals surface area contributed by atoms with Crippen molar-refractivity contribution in [3.05, 3.63) is 46.3 Å². The predicted molar refractivity (Wildman–Crippen MR) is 80.5 cm³/mol. The van der Waals surface area contributed by atoms with Crippen LogP contribution in [0, 0.1) is 5.82 Å². The van der Waals surface area contributed by atoms with E-state index < -0.39 is 0 Å². The zero-order valence-corrected chi connectivity index (χ0v) is 12.5. The van der Waals surface area contributed by atoms with Gasteiger partial charge < -0.3 is 0 Å². The molecule has 1 aromatic carbocycles. The minimum Gasteiger partial charge on any atom is -0.295 e. The van der Waals surface area contributed by atoms with Gasteiger partial charge in [0.2, 0.25) is 0 Å². The van der Waals surface area contributed by atoms with Gasteiger partial charge in [-0.15, -0.1) is 0 Å². The molecule has 0 spiro atoms. The summed E-state index contributed by atoms with van der Waals surface area (Å²) in [4.78, 5) is 22.9. The van der Waals surface area contributed by atoms with Crippen LogP contribution < -0.4 is 5.56 Å². The fraction of sp³-hybridized carbons (Fsp3) is 0.214. The summed E-state index contributed by atoms with van der Waals surface area (Å²) in [7, 11) is 0. The zero-order valence-electron chi connectivity index (χ0n) is 10.9. The predicted octanol–water partition coefficient (Wildman–Crippen LogP) is 3.09. The van der Waals surface area contributed by atoms with E-state index in [-0.39, 0.29) is 11.4 Å². The van der Waals surface area contributed by atoms with E-state index in [9.17, 15) is 9.18 Å². The molecule has 0 saturated carbocycles. The number of aromatic nitrogens is 3. The molecule has 0 aliphatic carbocycles. The molecule has 4 nitrogen and oxygen atoms in total. The third kappa shape index (κ3) is 2.26. The number of thiazole rings is 1. The fourth-order valence-corrected chi connectivity index (χ4v) is 4.38. The van der Waals surface area contributed by atoms with Gasteiger partial charge in [0.05, 0.1) is 0 Å². The standard InChI is InChI=1S/C14H10FN3OS2/c15-8-3-5-9(6-4-8)20-14-17-11-12(21-14)16-10-2-1-7-18(10)13(11)19/h3-6H,1-2,7H2. The minimum atomic E-state index is -0.264. The van der Waals surface area contributed by atoms with Gasteiger partial charge in [-0.05, 0) is 30.7 Å². The summed E-state index contributed by atoms with van der Waals surface area (Å²) < 4.78 is 15.4. The number of nitrogens with zero attached hydrogens (tertiary/aromatic N) is 3. The molecule has 0 radical (unpaired) electrons. The molecule has 3 heterocycles. The molecule has 1 aliphatic heterocycles. The highest BCUT2D eigenvalue weighted by Gasteiger charge is 2.19. The molecule has 4 rings (SSSR count). The van der Waals surface area contributed by atoms with Crippen molar-refractivity contribution in [3.63, 3.8) is 0 Å². The lowest BCUT2D eigenvalue weighted by Crippen LogP contribution is -2.20. The van der Waals surface area contributed by atoms with Crippen molar-refractivity contribution in [3.8, 4) is 0 Å². The molecule has 21 heavy (non-hydrogen) atoms. The van der Waals surface area contributed by atoms with Gasteiger partial charge in [-0.25, -0.2) is 14.4 Å². The van der Waals surface area contributed by atoms with Gasteiger partial charge in [0.15, 0.2) is 14.7 Å². The molecule has 106 valence electrons. The van der Waals surface area contributed by atoms with Gasteiger partial charge >= 0.3 is 0 Å². The molecule has 0 bridgehead atoms. The molecular formula is C14H10FN3OS2. The van der Waals surface area contributed by atoms with Crippen LogP contribution in [-0.4, -0.2) is 14.5 Å². The van der Waals surface area contributed by atoms with Crippen molar-refractivity contribution in [2.45, 2.75) is 28.6 Å². The zero-order chi connectivity index (χ0) is 14.4. The molecule has 0 fully saturated rings. The first kappa shape index (κ1) is 13.0. The largest absolute Gasteiger partial charge is 0.295 e. The van der Waals surface area contributed by atoms with Crippen LogP contribution in [0.3, 0.4) is 0 Å². The summed E-state index contributed by atoms with van der Waals surface area (Å²) in [6.07, 6.45) is 1.82. The summed E-state index contributed by atoms with van der Waals surface area (Å²) >= 11 is 2.83. The lowest BCUT2D eigenvalue weighted by molar-refractivity contribution is 0.626. The Hall–Kier alpha value is -1.73. The van der Waals surface area contributed by atoms with Gasteiger partial charge in [0, 0.05) is 17.9 Å². The maximum atomic E-state index is 12.9. The number of aryl methyl sites for hydroxylation is 1. The molecule has 0 amide bonds. The van der Waals surface area contributed by atoms with Gasteiger partial charge in [0.25, 0.3) is 5.56 Å². The average Bonchev–Trinajstić information content (AvgIpc) is 3.08. The Morgan fingerprint density at radius 1 is 1.24 bits per heavy atom. The fourth-order valence-electron chi connectivity index (χ4n) is 2.39. The lowest BCUT2D eigenvalue weighted by Gasteiger charge is -1.99. The summed E-state index contributed by atoms with van der Waals surface area (Å²) in [5, 5.41) is 0. The Kier molecular flexibility index (Phi) is 3.04. The monoisotopic (exact) mass is 319 g/mol. The van der Waals surface area contributed by atoms with E-state index in [0.29, 0.717) is 10.3 Å². The van der Waals surface area contributed by atoms with Crippen LogP contribution in [-0.2, 0) is 13.0 Å². The van der Waals surface area contributed by atoms with Crippen LogP contribution >= 0.6 is 23.1 Å². The summed E-state index contributed by atoms with van der Waals surface area (Å²) in [6.45, 7) is 0.731. The van der Waals surface area contributed by atoms with Crippen molar-refractivity contribution in [1.82, 2.24) is 14.5 Å². The molecule has 0 atom stereocenters. The van der Waals surface area contributed by atoms with E-state index in [2.05, 4.69) is 9.97 Å². The van der Waals surface area contributed by atoms with Crippen molar-refractivity contribution >= 4 is 33.4 Å². The Bertz CT molecular complexity index is 886. The topological polar surface area (TPSA) is 47.8 Å². The summed E-state index contributed by atoms with van der Waals surface area (Å²) in [5.41, 5.74) is 0.393. The normalized spacial score (nSPS) is 13.8. The Morgan fingerprint density at radius 2 is 2.05 bits per heavy atom. The minimum absolute atomic E-state index is 0.0466.